The predicted octanol–water partition coefficient (Wildman–Crippen LogP) is 1.45. The van der Waals surface area contributed by atoms with Gasteiger partial charge in [0, 0.05) is 50.8 Å². The molecule has 2 N–H and O–H groups in total. The Kier molecular flexibility index (Phi) is 6.02. The summed E-state index contributed by atoms with van der Waals surface area (Å²) in [5.74, 6) is 0.893. The van der Waals surface area contributed by atoms with Crippen LogP contribution in [0.2, 0.25) is 0 Å². The van der Waals surface area contributed by atoms with Crippen molar-refractivity contribution >= 4 is 15.9 Å². The number of piperidine rings is 1. The van der Waals surface area contributed by atoms with Gasteiger partial charge in [-0.1, -0.05) is 12.1 Å². The topological polar surface area (TPSA) is 81.9 Å². The molecular weight excluding hydrogens is 352 g/mol. The molecule has 0 bridgehead atoms. The standard InChI is InChI=1S/C19H28N2O4S/c1-26(22,23)15-16-2-3-18-17(14-16)4-5-19(25-18)6-9-21(10-7-19)11-13-24-12-8-20/h2-5,14H,6-13,15,20H2,1H3. The van der Waals surface area contributed by atoms with E-state index in [1.54, 1.807) is 0 Å². The number of ether oxygens (including phenoxy) is 2. The first-order valence-electron chi connectivity index (χ1n) is 9.08. The van der Waals surface area contributed by atoms with E-state index in [1.807, 2.05) is 18.2 Å². The quantitative estimate of drug-likeness (QED) is 0.721. The largest absolute Gasteiger partial charge is 0.482 e. The maximum atomic E-state index is 11.5. The summed E-state index contributed by atoms with van der Waals surface area (Å²) in [6.07, 6.45) is 7.34. The summed E-state index contributed by atoms with van der Waals surface area (Å²) in [6.45, 7) is 4.75. The Hall–Kier alpha value is -1.41. The van der Waals surface area contributed by atoms with Crippen LogP contribution in [0.5, 0.6) is 5.75 Å². The van der Waals surface area contributed by atoms with Crippen molar-refractivity contribution in [2.45, 2.75) is 24.2 Å². The van der Waals surface area contributed by atoms with Gasteiger partial charge in [0.05, 0.1) is 19.0 Å². The van der Waals surface area contributed by atoms with Gasteiger partial charge in [-0.2, -0.15) is 0 Å². The van der Waals surface area contributed by atoms with Gasteiger partial charge in [0.25, 0.3) is 0 Å². The smallest absolute Gasteiger partial charge is 0.151 e. The van der Waals surface area contributed by atoms with Crippen molar-refractivity contribution in [3.05, 3.63) is 35.4 Å². The highest BCUT2D eigenvalue weighted by atomic mass is 32.2. The Morgan fingerprint density at radius 2 is 2.04 bits per heavy atom. The second kappa shape index (κ2) is 8.08. The SMILES string of the molecule is CS(=O)(=O)Cc1ccc2c(c1)C=CC1(CCN(CCOCCN)CC1)O2. The third-order valence-corrected chi connectivity index (χ3v) is 5.76. The molecule has 0 atom stereocenters. The molecule has 0 radical (unpaired) electrons. The number of sulfone groups is 1. The number of hydrogen-bond donors (Lipinski definition) is 1. The molecule has 144 valence electrons. The number of nitrogens with zero attached hydrogens (tertiary/aromatic N) is 1. The van der Waals surface area contributed by atoms with E-state index in [0.29, 0.717) is 19.8 Å². The highest BCUT2D eigenvalue weighted by Gasteiger charge is 2.36. The van der Waals surface area contributed by atoms with Crippen molar-refractivity contribution in [1.29, 1.82) is 0 Å². The summed E-state index contributed by atoms with van der Waals surface area (Å²) in [6, 6.07) is 5.65. The van der Waals surface area contributed by atoms with Crippen molar-refractivity contribution in [1.82, 2.24) is 4.90 Å². The summed E-state index contributed by atoms with van der Waals surface area (Å²) >= 11 is 0. The van der Waals surface area contributed by atoms with E-state index in [9.17, 15) is 8.42 Å². The molecule has 3 rings (SSSR count). The number of fused-ring (bicyclic) bond motifs is 1. The first-order valence-corrected chi connectivity index (χ1v) is 11.1. The molecule has 26 heavy (non-hydrogen) atoms. The molecule has 0 unspecified atom stereocenters. The summed E-state index contributed by atoms with van der Waals surface area (Å²) in [7, 11) is -3.04. The van der Waals surface area contributed by atoms with Gasteiger partial charge in [-0.15, -0.1) is 0 Å². The van der Waals surface area contributed by atoms with Gasteiger partial charge in [0.2, 0.25) is 0 Å². The van der Waals surface area contributed by atoms with Crippen molar-refractivity contribution in [3.8, 4) is 5.75 Å². The summed E-state index contributed by atoms with van der Waals surface area (Å²) in [4.78, 5) is 2.39. The van der Waals surface area contributed by atoms with E-state index >= 15 is 0 Å². The number of likely N-dealkylation sites (tertiary alicyclic amines) is 1. The molecule has 2 heterocycles. The number of hydrogen-bond acceptors (Lipinski definition) is 6. The molecule has 1 aromatic rings. The van der Waals surface area contributed by atoms with Gasteiger partial charge in [0.15, 0.2) is 9.84 Å². The minimum Gasteiger partial charge on any atom is -0.482 e. The van der Waals surface area contributed by atoms with E-state index in [0.717, 1.165) is 49.4 Å². The van der Waals surface area contributed by atoms with E-state index in [-0.39, 0.29) is 11.4 Å². The highest BCUT2D eigenvalue weighted by molar-refractivity contribution is 7.89. The van der Waals surface area contributed by atoms with E-state index in [2.05, 4.69) is 17.1 Å². The lowest BCUT2D eigenvalue weighted by Gasteiger charge is -2.42. The van der Waals surface area contributed by atoms with Crippen molar-refractivity contribution in [2.75, 3.05) is 45.6 Å². The number of nitrogens with two attached hydrogens (primary N) is 1. The molecule has 2 aliphatic rings. The van der Waals surface area contributed by atoms with Crippen LogP contribution in [0.4, 0.5) is 0 Å². The maximum absolute atomic E-state index is 11.5. The molecule has 6 nitrogen and oxygen atoms in total. The van der Waals surface area contributed by atoms with Gasteiger partial charge in [-0.25, -0.2) is 8.42 Å². The van der Waals surface area contributed by atoms with Crippen LogP contribution >= 0.6 is 0 Å². The third kappa shape index (κ3) is 5.07. The zero-order valence-corrected chi connectivity index (χ0v) is 16.1. The first-order chi connectivity index (χ1) is 12.4. The Labute approximate surface area is 155 Å². The Morgan fingerprint density at radius 3 is 2.73 bits per heavy atom. The predicted molar refractivity (Wildman–Crippen MR) is 103 cm³/mol. The van der Waals surface area contributed by atoms with Crippen LogP contribution < -0.4 is 10.5 Å². The van der Waals surface area contributed by atoms with Crippen molar-refractivity contribution < 1.29 is 17.9 Å². The maximum Gasteiger partial charge on any atom is 0.151 e. The Morgan fingerprint density at radius 1 is 1.27 bits per heavy atom. The fraction of sp³-hybridized carbons (Fsp3) is 0.579. The van der Waals surface area contributed by atoms with E-state index < -0.39 is 9.84 Å². The third-order valence-electron chi connectivity index (χ3n) is 4.90. The molecule has 0 aliphatic carbocycles. The van der Waals surface area contributed by atoms with Crippen LogP contribution in [0.3, 0.4) is 0 Å². The molecule has 7 heteroatoms. The van der Waals surface area contributed by atoms with Crippen LogP contribution in [-0.4, -0.2) is 64.6 Å². The summed E-state index contributed by atoms with van der Waals surface area (Å²) < 4.78 is 34.8. The van der Waals surface area contributed by atoms with Crippen LogP contribution in [0.1, 0.15) is 24.0 Å². The highest BCUT2D eigenvalue weighted by Crippen LogP contribution is 2.37. The molecule has 1 aromatic carbocycles. The minimum absolute atomic E-state index is 0.0560. The van der Waals surface area contributed by atoms with Gasteiger partial charge in [-0.3, -0.25) is 0 Å². The van der Waals surface area contributed by atoms with E-state index in [4.69, 9.17) is 15.2 Å². The lowest BCUT2D eigenvalue weighted by molar-refractivity contribution is 0.0258. The first kappa shape index (κ1) is 19.4. The van der Waals surface area contributed by atoms with Crippen molar-refractivity contribution in [3.63, 3.8) is 0 Å². The lowest BCUT2D eigenvalue weighted by Crippen LogP contribution is -2.48. The van der Waals surface area contributed by atoms with Gasteiger partial charge in [-0.05, 0) is 23.8 Å². The average molecular weight is 381 g/mol. The Balaban J connectivity index is 1.58. The monoisotopic (exact) mass is 380 g/mol. The van der Waals surface area contributed by atoms with Gasteiger partial charge < -0.3 is 20.1 Å². The molecular formula is C19H28N2O4S. The molecule has 1 fully saturated rings. The normalized spacial score (nSPS) is 19.3. The summed E-state index contributed by atoms with van der Waals surface area (Å²) in [5.41, 5.74) is 6.92. The fourth-order valence-electron chi connectivity index (χ4n) is 3.51. The molecule has 0 amide bonds. The van der Waals surface area contributed by atoms with Crippen molar-refractivity contribution in [2.24, 2.45) is 5.73 Å². The number of benzene rings is 1. The lowest BCUT2D eigenvalue weighted by atomic mass is 9.88. The zero-order valence-electron chi connectivity index (χ0n) is 15.3. The molecule has 1 spiro atoms. The van der Waals surface area contributed by atoms with Crippen LogP contribution in [0, 0.1) is 0 Å². The van der Waals surface area contributed by atoms with Crippen LogP contribution in [0.15, 0.2) is 24.3 Å². The molecule has 1 saturated heterocycles. The zero-order chi connectivity index (χ0) is 18.6. The second-order valence-electron chi connectivity index (χ2n) is 7.19. The van der Waals surface area contributed by atoms with E-state index in [1.165, 1.54) is 6.26 Å². The average Bonchev–Trinajstić information content (AvgIpc) is 2.59. The molecule has 2 aliphatic heterocycles. The fourth-order valence-corrected chi connectivity index (χ4v) is 4.30. The van der Waals surface area contributed by atoms with Gasteiger partial charge in [0.1, 0.15) is 11.4 Å². The Bertz CT molecular complexity index is 753. The van der Waals surface area contributed by atoms with Crippen LogP contribution in [0.25, 0.3) is 6.08 Å². The summed E-state index contributed by atoms with van der Waals surface area (Å²) in [5, 5.41) is 0. The minimum atomic E-state index is -3.04. The number of rotatable bonds is 7. The van der Waals surface area contributed by atoms with Gasteiger partial charge >= 0.3 is 0 Å². The second-order valence-corrected chi connectivity index (χ2v) is 9.33. The molecule has 0 aromatic heterocycles. The molecule has 0 saturated carbocycles. The van der Waals surface area contributed by atoms with Crippen LogP contribution in [-0.2, 0) is 20.3 Å².